The van der Waals surface area contributed by atoms with Crippen LogP contribution in [-0.2, 0) is 6.42 Å². The Balaban J connectivity index is 2.46. The maximum Gasteiger partial charge on any atom is 0.121 e. The van der Waals surface area contributed by atoms with Crippen LogP contribution in [0.2, 0.25) is 0 Å². The zero-order chi connectivity index (χ0) is 13.0. The molecule has 0 aliphatic rings. The molecule has 0 saturated heterocycles. The molecular formula is C14H18N2OS. The molecule has 0 saturated carbocycles. The van der Waals surface area contributed by atoms with Crippen molar-refractivity contribution in [2.45, 2.75) is 31.2 Å². The molecule has 1 aromatic heterocycles. The summed E-state index contributed by atoms with van der Waals surface area (Å²) < 4.78 is 5.22. The van der Waals surface area contributed by atoms with E-state index in [9.17, 15) is 0 Å². The van der Waals surface area contributed by atoms with Gasteiger partial charge < -0.3 is 4.74 Å². The molecule has 18 heavy (non-hydrogen) atoms. The largest absolute Gasteiger partial charge is 0.497 e. The Morgan fingerprint density at radius 2 is 2.06 bits per heavy atom. The Hall–Kier alpha value is -1.29. The second kappa shape index (κ2) is 6.05. The highest BCUT2D eigenvalue weighted by Gasteiger charge is 2.08. The highest BCUT2D eigenvalue weighted by molar-refractivity contribution is 7.98. The van der Waals surface area contributed by atoms with Crippen LogP contribution in [0.3, 0.4) is 0 Å². The van der Waals surface area contributed by atoms with Crippen LogP contribution in [0.5, 0.6) is 5.75 Å². The van der Waals surface area contributed by atoms with Gasteiger partial charge in [0.2, 0.25) is 0 Å². The third-order valence-electron chi connectivity index (χ3n) is 2.87. The molecule has 2 aromatic rings. The van der Waals surface area contributed by atoms with Gasteiger partial charge in [0.05, 0.1) is 23.8 Å². The molecule has 4 heteroatoms. The maximum absolute atomic E-state index is 5.22. The average Bonchev–Trinajstić information content (AvgIpc) is 2.43. The molecule has 0 radical (unpaired) electrons. The molecule has 3 nitrogen and oxygen atoms in total. The first-order chi connectivity index (χ1) is 8.78. The summed E-state index contributed by atoms with van der Waals surface area (Å²) in [5.74, 6) is 0.824. The molecule has 0 unspecified atom stereocenters. The van der Waals surface area contributed by atoms with E-state index in [1.54, 1.807) is 18.9 Å². The van der Waals surface area contributed by atoms with E-state index in [0.29, 0.717) is 0 Å². The van der Waals surface area contributed by atoms with Gasteiger partial charge in [-0.1, -0.05) is 13.3 Å². The Morgan fingerprint density at radius 3 is 2.72 bits per heavy atom. The second-order valence-electron chi connectivity index (χ2n) is 4.14. The topological polar surface area (TPSA) is 35.0 Å². The second-order valence-corrected chi connectivity index (χ2v) is 4.93. The number of fused-ring (bicyclic) bond motifs is 1. The molecule has 0 atom stereocenters. The lowest BCUT2D eigenvalue weighted by atomic mass is 10.2. The number of aromatic nitrogens is 2. The van der Waals surface area contributed by atoms with Crippen LogP contribution < -0.4 is 4.74 Å². The van der Waals surface area contributed by atoms with Crippen molar-refractivity contribution in [2.24, 2.45) is 0 Å². The molecule has 0 spiro atoms. The van der Waals surface area contributed by atoms with Gasteiger partial charge in [0, 0.05) is 6.07 Å². The van der Waals surface area contributed by atoms with Crippen molar-refractivity contribution in [2.75, 3.05) is 13.4 Å². The Kier molecular flexibility index (Phi) is 4.42. The van der Waals surface area contributed by atoms with E-state index in [1.807, 2.05) is 24.5 Å². The third-order valence-corrected chi connectivity index (χ3v) is 3.58. The fourth-order valence-electron chi connectivity index (χ4n) is 1.85. The van der Waals surface area contributed by atoms with Crippen molar-refractivity contribution in [1.29, 1.82) is 0 Å². The van der Waals surface area contributed by atoms with Crippen molar-refractivity contribution in [3.8, 4) is 5.75 Å². The minimum Gasteiger partial charge on any atom is -0.497 e. The Bertz CT molecular complexity index is 543. The first kappa shape index (κ1) is 13.1. The molecule has 0 aliphatic carbocycles. The molecule has 1 aromatic carbocycles. The highest BCUT2D eigenvalue weighted by atomic mass is 32.2. The van der Waals surface area contributed by atoms with Gasteiger partial charge >= 0.3 is 0 Å². The fraction of sp³-hybridized carbons (Fsp3) is 0.429. The van der Waals surface area contributed by atoms with E-state index in [0.717, 1.165) is 40.3 Å². The van der Waals surface area contributed by atoms with Gasteiger partial charge in [-0.3, -0.25) is 0 Å². The van der Waals surface area contributed by atoms with Gasteiger partial charge in [-0.15, -0.1) is 11.8 Å². The number of benzene rings is 1. The van der Waals surface area contributed by atoms with Crippen LogP contribution >= 0.6 is 11.8 Å². The predicted molar refractivity (Wildman–Crippen MR) is 76.5 cm³/mol. The van der Waals surface area contributed by atoms with E-state index in [-0.39, 0.29) is 0 Å². The number of methoxy groups -OCH3 is 1. The smallest absolute Gasteiger partial charge is 0.121 e. The highest BCUT2D eigenvalue weighted by Crippen LogP contribution is 2.24. The van der Waals surface area contributed by atoms with Crippen molar-refractivity contribution in [1.82, 2.24) is 9.97 Å². The first-order valence-electron chi connectivity index (χ1n) is 6.17. The number of hydrogen-bond donors (Lipinski definition) is 0. The molecule has 0 amide bonds. The molecule has 0 bridgehead atoms. The van der Waals surface area contributed by atoms with Crippen molar-refractivity contribution >= 4 is 22.8 Å². The molecule has 2 rings (SSSR count). The maximum atomic E-state index is 5.22. The molecule has 0 fully saturated rings. The van der Waals surface area contributed by atoms with Crippen molar-refractivity contribution in [3.63, 3.8) is 0 Å². The lowest BCUT2D eigenvalue weighted by Gasteiger charge is -2.08. The summed E-state index contributed by atoms with van der Waals surface area (Å²) in [6.45, 7) is 2.19. The monoisotopic (exact) mass is 262 g/mol. The van der Waals surface area contributed by atoms with Crippen LogP contribution in [0, 0.1) is 0 Å². The van der Waals surface area contributed by atoms with Gasteiger partial charge in [0.1, 0.15) is 10.8 Å². The summed E-state index contributed by atoms with van der Waals surface area (Å²) in [4.78, 5) is 9.40. The van der Waals surface area contributed by atoms with Crippen molar-refractivity contribution < 1.29 is 4.74 Å². The summed E-state index contributed by atoms with van der Waals surface area (Å²) in [5, 5.41) is 1.03. The van der Waals surface area contributed by atoms with Gasteiger partial charge in [-0.05, 0) is 31.2 Å². The SMILES string of the molecule is CCCCc1nc2ccc(OC)cc2nc1SC. The van der Waals surface area contributed by atoms with E-state index in [2.05, 4.69) is 11.9 Å². The number of hydrogen-bond acceptors (Lipinski definition) is 4. The summed E-state index contributed by atoms with van der Waals surface area (Å²) in [6, 6.07) is 5.84. The zero-order valence-corrected chi connectivity index (χ0v) is 11.9. The van der Waals surface area contributed by atoms with Gasteiger partial charge in [0.25, 0.3) is 0 Å². The number of nitrogens with zero attached hydrogens (tertiary/aromatic N) is 2. The van der Waals surface area contributed by atoms with E-state index < -0.39 is 0 Å². The Labute approximate surface area is 112 Å². The number of aryl methyl sites for hydroxylation is 1. The summed E-state index contributed by atoms with van der Waals surface area (Å²) >= 11 is 1.66. The first-order valence-corrected chi connectivity index (χ1v) is 7.39. The molecule has 0 N–H and O–H groups in total. The summed E-state index contributed by atoms with van der Waals surface area (Å²) in [7, 11) is 1.67. The van der Waals surface area contributed by atoms with E-state index in [4.69, 9.17) is 9.72 Å². The fourth-order valence-corrected chi connectivity index (χ4v) is 2.42. The standard InChI is InChI=1S/C14H18N2OS/c1-4-5-6-12-14(18-3)16-13-9-10(17-2)7-8-11(13)15-12/h7-9H,4-6H2,1-3H3. The number of thioether (sulfide) groups is 1. The number of rotatable bonds is 5. The lowest BCUT2D eigenvalue weighted by molar-refractivity contribution is 0.415. The third kappa shape index (κ3) is 2.75. The molecule has 0 aliphatic heterocycles. The molecular weight excluding hydrogens is 244 g/mol. The Morgan fingerprint density at radius 1 is 1.22 bits per heavy atom. The minimum absolute atomic E-state index is 0.824. The molecule has 1 heterocycles. The number of ether oxygens (including phenoxy) is 1. The van der Waals surface area contributed by atoms with E-state index >= 15 is 0 Å². The van der Waals surface area contributed by atoms with Crippen LogP contribution in [0.4, 0.5) is 0 Å². The summed E-state index contributed by atoms with van der Waals surface area (Å²) in [6.07, 6.45) is 5.38. The average molecular weight is 262 g/mol. The number of unbranched alkanes of at least 4 members (excludes halogenated alkanes) is 1. The van der Waals surface area contributed by atoms with E-state index in [1.165, 1.54) is 6.42 Å². The quantitative estimate of drug-likeness (QED) is 0.770. The summed E-state index contributed by atoms with van der Waals surface area (Å²) in [5.41, 5.74) is 2.96. The zero-order valence-electron chi connectivity index (χ0n) is 11.1. The normalized spacial score (nSPS) is 10.8. The van der Waals surface area contributed by atoms with Crippen LogP contribution in [0.25, 0.3) is 11.0 Å². The minimum atomic E-state index is 0.824. The van der Waals surface area contributed by atoms with Gasteiger partial charge in [-0.2, -0.15) is 0 Å². The predicted octanol–water partition coefficient (Wildman–Crippen LogP) is 3.70. The lowest BCUT2D eigenvalue weighted by Crippen LogP contribution is -1.98. The van der Waals surface area contributed by atoms with Crippen LogP contribution in [-0.4, -0.2) is 23.3 Å². The van der Waals surface area contributed by atoms with Gasteiger partial charge in [-0.25, -0.2) is 9.97 Å². The van der Waals surface area contributed by atoms with Crippen LogP contribution in [0.15, 0.2) is 23.2 Å². The van der Waals surface area contributed by atoms with Gasteiger partial charge in [0.15, 0.2) is 0 Å². The molecule has 96 valence electrons. The van der Waals surface area contributed by atoms with Crippen LogP contribution in [0.1, 0.15) is 25.5 Å². The van der Waals surface area contributed by atoms with Crippen molar-refractivity contribution in [3.05, 3.63) is 23.9 Å².